The van der Waals surface area contributed by atoms with Gasteiger partial charge in [0.25, 0.3) is 11.8 Å². The quantitative estimate of drug-likeness (QED) is 0.623. The molecular formula is C14H17N3O4S. The van der Waals surface area contributed by atoms with Gasteiger partial charge in [0.2, 0.25) is 10.0 Å². The van der Waals surface area contributed by atoms with Gasteiger partial charge in [-0.05, 0) is 25.0 Å². The number of nitrogen functional groups attached to an aromatic ring is 1. The molecule has 0 spiro atoms. The van der Waals surface area contributed by atoms with E-state index in [1.165, 1.54) is 9.21 Å². The van der Waals surface area contributed by atoms with E-state index in [0.717, 1.165) is 6.26 Å². The van der Waals surface area contributed by atoms with Gasteiger partial charge in [0, 0.05) is 18.8 Å². The molecule has 1 aromatic rings. The summed E-state index contributed by atoms with van der Waals surface area (Å²) in [6.07, 6.45) is 2.34. The molecule has 0 bridgehead atoms. The van der Waals surface area contributed by atoms with Crippen molar-refractivity contribution in [3.8, 4) is 0 Å². The maximum Gasteiger partial charge on any atom is 0.263 e. The van der Waals surface area contributed by atoms with Gasteiger partial charge in [-0.3, -0.25) is 14.5 Å². The Labute approximate surface area is 128 Å². The molecule has 1 unspecified atom stereocenters. The molecule has 3 rings (SSSR count). The lowest BCUT2D eigenvalue weighted by Gasteiger charge is -2.35. The van der Waals surface area contributed by atoms with Crippen LogP contribution in [0.1, 0.15) is 33.6 Å². The Morgan fingerprint density at radius 2 is 1.95 bits per heavy atom. The molecule has 8 heteroatoms. The third-order valence-corrected chi connectivity index (χ3v) is 5.44. The highest BCUT2D eigenvalue weighted by Gasteiger charge is 2.43. The van der Waals surface area contributed by atoms with Crippen LogP contribution in [0.3, 0.4) is 0 Å². The number of fused-ring (bicyclic) bond motifs is 1. The Bertz CT molecular complexity index is 759. The molecule has 2 aliphatic rings. The topological polar surface area (TPSA) is 101 Å². The van der Waals surface area contributed by atoms with Crippen LogP contribution in [0, 0.1) is 0 Å². The fraction of sp³-hybridized carbons (Fsp3) is 0.429. The second-order valence-corrected chi connectivity index (χ2v) is 7.65. The van der Waals surface area contributed by atoms with Crippen molar-refractivity contribution in [2.24, 2.45) is 0 Å². The van der Waals surface area contributed by atoms with Crippen LogP contribution in [-0.4, -0.2) is 54.8 Å². The number of hydrogen-bond acceptors (Lipinski definition) is 5. The highest BCUT2D eigenvalue weighted by molar-refractivity contribution is 7.88. The van der Waals surface area contributed by atoms with Crippen molar-refractivity contribution < 1.29 is 18.0 Å². The van der Waals surface area contributed by atoms with Gasteiger partial charge < -0.3 is 5.73 Å². The molecule has 0 radical (unpaired) electrons. The van der Waals surface area contributed by atoms with Crippen molar-refractivity contribution in [3.05, 3.63) is 29.3 Å². The molecule has 0 aliphatic carbocycles. The van der Waals surface area contributed by atoms with E-state index in [1.807, 2.05) is 0 Å². The number of nitrogens with zero attached hydrogens (tertiary/aromatic N) is 2. The summed E-state index contributed by atoms with van der Waals surface area (Å²) in [5.74, 6) is -0.828. The van der Waals surface area contributed by atoms with Crippen LogP contribution < -0.4 is 5.73 Å². The lowest BCUT2D eigenvalue weighted by molar-refractivity contribution is 0.0530. The van der Waals surface area contributed by atoms with E-state index in [-0.39, 0.29) is 17.8 Å². The van der Waals surface area contributed by atoms with Gasteiger partial charge in [0.1, 0.15) is 0 Å². The first-order chi connectivity index (χ1) is 10.3. The molecule has 1 saturated heterocycles. The Kier molecular flexibility index (Phi) is 3.45. The molecule has 2 aliphatic heterocycles. The standard InChI is InChI=1S/C14H17N3O4S/c1-22(20,21)16-7-3-4-9(8-16)17-13(18)10-5-2-6-11(15)12(10)14(17)19/h2,5-6,9H,3-4,7-8,15H2,1H3. The van der Waals surface area contributed by atoms with Crippen LogP contribution in [0.2, 0.25) is 0 Å². The minimum absolute atomic E-state index is 0.143. The predicted octanol–water partition coefficient (Wildman–Crippen LogP) is 0.289. The van der Waals surface area contributed by atoms with Crippen LogP contribution in [0.5, 0.6) is 0 Å². The number of nitrogens with two attached hydrogens (primary N) is 1. The Balaban J connectivity index is 1.92. The molecule has 1 atom stereocenters. The summed E-state index contributed by atoms with van der Waals surface area (Å²) in [7, 11) is -3.34. The summed E-state index contributed by atoms with van der Waals surface area (Å²) in [6, 6.07) is 4.34. The van der Waals surface area contributed by atoms with Crippen LogP contribution in [-0.2, 0) is 10.0 Å². The molecule has 2 amide bonds. The van der Waals surface area contributed by atoms with Gasteiger partial charge >= 0.3 is 0 Å². The smallest absolute Gasteiger partial charge is 0.263 e. The largest absolute Gasteiger partial charge is 0.398 e. The maximum absolute atomic E-state index is 12.5. The zero-order chi connectivity index (χ0) is 16.1. The normalized spacial score (nSPS) is 23.0. The van der Waals surface area contributed by atoms with E-state index in [2.05, 4.69) is 0 Å². The molecule has 0 aromatic heterocycles. The van der Waals surface area contributed by atoms with Crippen molar-refractivity contribution >= 4 is 27.5 Å². The predicted molar refractivity (Wildman–Crippen MR) is 80.8 cm³/mol. The molecule has 1 aromatic carbocycles. The van der Waals surface area contributed by atoms with Gasteiger partial charge in [-0.1, -0.05) is 6.07 Å². The Morgan fingerprint density at radius 1 is 1.23 bits per heavy atom. The molecule has 0 saturated carbocycles. The second kappa shape index (κ2) is 5.06. The maximum atomic E-state index is 12.5. The van der Waals surface area contributed by atoms with Gasteiger partial charge in [0.15, 0.2) is 0 Å². The minimum Gasteiger partial charge on any atom is -0.398 e. The molecular weight excluding hydrogens is 306 g/mol. The first-order valence-electron chi connectivity index (χ1n) is 7.02. The summed E-state index contributed by atoms with van der Waals surface area (Å²) < 4.78 is 24.7. The molecule has 118 valence electrons. The summed E-state index contributed by atoms with van der Waals surface area (Å²) >= 11 is 0. The van der Waals surface area contributed by atoms with Crippen LogP contribution in [0.15, 0.2) is 18.2 Å². The highest BCUT2D eigenvalue weighted by Crippen LogP contribution is 2.31. The van der Waals surface area contributed by atoms with Crippen LogP contribution >= 0.6 is 0 Å². The monoisotopic (exact) mass is 323 g/mol. The van der Waals surface area contributed by atoms with E-state index < -0.39 is 27.9 Å². The summed E-state index contributed by atoms with van der Waals surface area (Å²) in [6.45, 7) is 0.560. The van der Waals surface area contributed by atoms with Crippen molar-refractivity contribution in [2.75, 3.05) is 25.1 Å². The minimum atomic E-state index is -3.34. The average molecular weight is 323 g/mol. The van der Waals surface area contributed by atoms with Crippen molar-refractivity contribution in [3.63, 3.8) is 0 Å². The van der Waals surface area contributed by atoms with E-state index >= 15 is 0 Å². The van der Waals surface area contributed by atoms with Crippen molar-refractivity contribution in [2.45, 2.75) is 18.9 Å². The van der Waals surface area contributed by atoms with Crippen molar-refractivity contribution in [1.29, 1.82) is 0 Å². The number of carbonyl (C=O) groups excluding carboxylic acids is 2. The fourth-order valence-corrected chi connectivity index (χ4v) is 4.00. The van der Waals surface area contributed by atoms with Gasteiger partial charge in [-0.25, -0.2) is 12.7 Å². The summed E-state index contributed by atoms with van der Waals surface area (Å²) in [5.41, 5.74) is 6.60. The van der Waals surface area contributed by atoms with Crippen molar-refractivity contribution in [1.82, 2.24) is 9.21 Å². The lowest BCUT2D eigenvalue weighted by atomic mass is 10.1. The van der Waals surface area contributed by atoms with E-state index in [0.29, 0.717) is 24.9 Å². The number of hydrogen-bond donors (Lipinski definition) is 1. The number of piperidine rings is 1. The fourth-order valence-electron chi connectivity index (χ4n) is 3.09. The summed E-state index contributed by atoms with van der Waals surface area (Å²) in [4.78, 5) is 26.2. The number of rotatable bonds is 2. The van der Waals surface area contributed by atoms with E-state index in [9.17, 15) is 18.0 Å². The third kappa shape index (κ3) is 2.28. The van der Waals surface area contributed by atoms with E-state index in [1.54, 1.807) is 18.2 Å². The molecule has 22 heavy (non-hydrogen) atoms. The first-order valence-corrected chi connectivity index (χ1v) is 8.87. The highest BCUT2D eigenvalue weighted by atomic mass is 32.2. The number of carbonyl (C=O) groups is 2. The number of anilines is 1. The average Bonchev–Trinajstić information content (AvgIpc) is 2.71. The SMILES string of the molecule is CS(=O)(=O)N1CCCC(N2C(=O)c3cccc(N)c3C2=O)C1. The molecule has 2 heterocycles. The Hall–Kier alpha value is -1.93. The van der Waals surface area contributed by atoms with Gasteiger partial charge in [-0.2, -0.15) is 0 Å². The number of sulfonamides is 1. The van der Waals surface area contributed by atoms with Crippen LogP contribution in [0.25, 0.3) is 0 Å². The first kappa shape index (κ1) is 15.0. The zero-order valence-electron chi connectivity index (χ0n) is 12.2. The zero-order valence-corrected chi connectivity index (χ0v) is 13.0. The third-order valence-electron chi connectivity index (χ3n) is 4.17. The summed E-state index contributed by atoms with van der Waals surface area (Å²) in [5, 5.41) is 0. The number of benzene rings is 1. The van der Waals surface area contributed by atoms with E-state index in [4.69, 9.17) is 5.73 Å². The van der Waals surface area contributed by atoms with Gasteiger partial charge in [-0.15, -0.1) is 0 Å². The molecule has 1 fully saturated rings. The Morgan fingerprint density at radius 3 is 2.59 bits per heavy atom. The van der Waals surface area contributed by atoms with Gasteiger partial charge in [0.05, 0.1) is 23.4 Å². The van der Waals surface area contributed by atoms with Crippen LogP contribution in [0.4, 0.5) is 5.69 Å². The second-order valence-electron chi connectivity index (χ2n) is 5.67. The molecule has 7 nitrogen and oxygen atoms in total. The number of imide groups is 1. The number of amides is 2. The molecule has 2 N–H and O–H groups in total. The lowest BCUT2D eigenvalue weighted by Crippen LogP contribution is -2.51.